The highest BCUT2D eigenvalue weighted by Gasteiger charge is 2.50. The van der Waals surface area contributed by atoms with Crippen LogP contribution in [0.5, 0.6) is 0 Å². The zero-order valence-corrected chi connectivity index (χ0v) is 23.9. The minimum absolute atomic E-state index is 0.00315. The van der Waals surface area contributed by atoms with Crippen molar-refractivity contribution in [3.8, 4) is 0 Å². The van der Waals surface area contributed by atoms with E-state index in [1.807, 2.05) is 11.9 Å². The molecule has 230 valence electrons. The third-order valence-electron chi connectivity index (χ3n) is 9.87. The number of guanidine groups is 1. The molecule has 2 aliphatic carbocycles. The zero-order valence-electron chi connectivity index (χ0n) is 23.9. The molecule has 0 spiro atoms. The third-order valence-corrected chi connectivity index (χ3v) is 9.87. The Kier molecular flexibility index (Phi) is 9.47. The molecule has 3 saturated heterocycles. The van der Waals surface area contributed by atoms with Gasteiger partial charge < -0.3 is 30.3 Å². The van der Waals surface area contributed by atoms with E-state index in [2.05, 4.69) is 26.3 Å². The number of nitrogens with two attached hydrogens (primary N) is 1. The summed E-state index contributed by atoms with van der Waals surface area (Å²) in [4.78, 5) is 4.10. The van der Waals surface area contributed by atoms with Gasteiger partial charge in [0.1, 0.15) is 24.7 Å². The van der Waals surface area contributed by atoms with E-state index in [0.717, 1.165) is 45.4 Å². The molecule has 14 heteroatoms. The number of alkyl halides is 3. The molecule has 5 rings (SSSR count). The summed E-state index contributed by atoms with van der Waals surface area (Å²) in [7, 11) is 5.16. The van der Waals surface area contributed by atoms with Gasteiger partial charge in [-0.15, -0.1) is 0 Å². The molecule has 2 saturated carbocycles. The summed E-state index contributed by atoms with van der Waals surface area (Å²) in [5.41, 5.74) is 8.90. The Balaban J connectivity index is 1.20. The van der Waals surface area contributed by atoms with Crippen LogP contribution in [0.4, 0.5) is 13.2 Å². The van der Waals surface area contributed by atoms with Crippen LogP contribution in [-0.2, 0) is 9.47 Å². The average molecular weight is 576 g/mol. The second-order valence-corrected chi connectivity index (χ2v) is 12.2. The van der Waals surface area contributed by atoms with Crippen LogP contribution < -0.4 is 27.1 Å². The summed E-state index contributed by atoms with van der Waals surface area (Å²) < 4.78 is 51.3. The zero-order chi connectivity index (χ0) is 28.6. The first-order chi connectivity index (χ1) is 19.2. The van der Waals surface area contributed by atoms with E-state index in [4.69, 9.17) is 20.6 Å². The van der Waals surface area contributed by atoms with E-state index < -0.39 is 18.4 Å². The number of hydrogen-bond acceptors (Lipinski definition) is 9. The molecule has 0 aromatic heterocycles. The number of halogens is 3. The molecule has 0 radical (unpaired) electrons. The van der Waals surface area contributed by atoms with Gasteiger partial charge in [-0.1, -0.05) is 0 Å². The predicted molar refractivity (Wildman–Crippen MR) is 145 cm³/mol. The number of nitrogens with one attached hydrogen (secondary N) is 5. The first-order valence-electron chi connectivity index (χ1n) is 14.8. The van der Waals surface area contributed by atoms with Crippen LogP contribution in [-0.4, -0.2) is 117 Å². The summed E-state index contributed by atoms with van der Waals surface area (Å²) in [5.74, 6) is 1.74. The Morgan fingerprint density at radius 2 is 1.80 bits per heavy atom. The van der Waals surface area contributed by atoms with Crippen LogP contribution in [0.15, 0.2) is 0 Å². The minimum Gasteiger partial charge on any atom is -0.366 e. The van der Waals surface area contributed by atoms with Gasteiger partial charge in [0.2, 0.25) is 0 Å². The van der Waals surface area contributed by atoms with Crippen molar-refractivity contribution in [3.63, 3.8) is 0 Å². The van der Waals surface area contributed by atoms with Gasteiger partial charge in [0, 0.05) is 72.0 Å². The number of ether oxygens (including phenoxy) is 2. The van der Waals surface area contributed by atoms with Crippen molar-refractivity contribution in [3.05, 3.63) is 0 Å². The van der Waals surface area contributed by atoms with Gasteiger partial charge in [-0.25, -0.2) is 10.4 Å². The maximum absolute atomic E-state index is 13.4. The molecule has 3 heterocycles. The van der Waals surface area contributed by atoms with Crippen LogP contribution in [0.2, 0.25) is 0 Å². The summed E-state index contributed by atoms with van der Waals surface area (Å²) >= 11 is 0. The quantitative estimate of drug-likeness (QED) is 0.221. The standard InChI is InChI=1S/C26H48F3N9O2/c1-36-19(11-30)23(32-12-18-22(16-6-7-16)33-14-34-24(18)40-3)37(25(36)31)13-15-4-8-17(9-5-15)38-21(39-2)10-20(35-38)26(27,28)29/h15-24,31-35H,4-14,30H2,1-3H3. The lowest BCUT2D eigenvalue weighted by molar-refractivity contribution is -0.158. The van der Waals surface area contributed by atoms with Gasteiger partial charge in [-0.05, 0) is 50.4 Å². The van der Waals surface area contributed by atoms with E-state index in [9.17, 15) is 13.2 Å². The lowest BCUT2D eigenvalue weighted by Gasteiger charge is -2.41. The highest BCUT2D eigenvalue weighted by molar-refractivity contribution is 5.80. The normalized spacial score (nSPS) is 39.9. The number of nitrogens with zero attached hydrogens (tertiary/aromatic N) is 3. The van der Waals surface area contributed by atoms with Crippen molar-refractivity contribution in [2.75, 3.05) is 47.6 Å². The molecule has 7 N–H and O–H groups in total. The van der Waals surface area contributed by atoms with Gasteiger partial charge in [-0.2, -0.15) is 13.2 Å². The largest absolute Gasteiger partial charge is 0.405 e. The molecule has 0 aromatic carbocycles. The Hall–Kier alpha value is -1.26. The lowest BCUT2D eigenvalue weighted by atomic mass is 9.85. The third kappa shape index (κ3) is 6.24. The molecule has 5 fully saturated rings. The fourth-order valence-electron chi connectivity index (χ4n) is 7.41. The SMILES string of the molecule is COC1NCNC(C2CC2)C1CNC1C(CN)N(C)C(=N)N1CC1CCC(N2NC(C(F)(F)F)CC2OC)CC1. The summed E-state index contributed by atoms with van der Waals surface area (Å²) in [6.45, 7) is 2.63. The van der Waals surface area contributed by atoms with Crippen molar-refractivity contribution in [2.45, 2.75) is 93.9 Å². The fourth-order valence-corrected chi connectivity index (χ4v) is 7.41. The van der Waals surface area contributed by atoms with Gasteiger partial charge in [0.25, 0.3) is 0 Å². The monoisotopic (exact) mass is 575 g/mol. The molecule has 3 aliphatic heterocycles. The molecule has 5 aliphatic rings. The van der Waals surface area contributed by atoms with Crippen molar-refractivity contribution < 1.29 is 22.6 Å². The van der Waals surface area contributed by atoms with Gasteiger partial charge in [0.15, 0.2) is 5.96 Å². The molecular weight excluding hydrogens is 527 g/mol. The molecule has 0 bridgehead atoms. The second-order valence-electron chi connectivity index (χ2n) is 12.2. The number of methoxy groups -OCH3 is 2. The maximum atomic E-state index is 13.4. The molecule has 11 nitrogen and oxygen atoms in total. The molecule has 7 unspecified atom stereocenters. The van der Waals surface area contributed by atoms with Crippen LogP contribution in [0.25, 0.3) is 0 Å². The molecular formula is C26H48F3N9O2. The fraction of sp³-hybridized carbons (Fsp3) is 0.962. The van der Waals surface area contributed by atoms with Crippen molar-refractivity contribution in [1.82, 2.24) is 36.2 Å². The highest BCUT2D eigenvalue weighted by atomic mass is 19.4. The Morgan fingerprint density at radius 3 is 2.40 bits per heavy atom. The van der Waals surface area contributed by atoms with E-state index in [1.54, 1.807) is 12.1 Å². The summed E-state index contributed by atoms with van der Waals surface area (Å²) in [6, 6.07) is -1.20. The van der Waals surface area contributed by atoms with Crippen LogP contribution >= 0.6 is 0 Å². The van der Waals surface area contributed by atoms with E-state index in [1.165, 1.54) is 20.0 Å². The summed E-state index contributed by atoms with van der Waals surface area (Å²) in [6.07, 6.45) is 0.742. The summed E-state index contributed by atoms with van der Waals surface area (Å²) in [5, 5.41) is 21.4. The molecule has 7 atom stereocenters. The second kappa shape index (κ2) is 12.5. The van der Waals surface area contributed by atoms with Crippen LogP contribution in [0.1, 0.15) is 44.9 Å². The van der Waals surface area contributed by atoms with E-state index in [-0.39, 0.29) is 36.8 Å². The topological polar surface area (TPSA) is 126 Å². The molecule has 40 heavy (non-hydrogen) atoms. The number of hydrogen-bond donors (Lipinski definition) is 6. The van der Waals surface area contributed by atoms with Gasteiger partial charge in [0.05, 0.1) is 6.04 Å². The number of likely N-dealkylation sites (N-methyl/N-ethyl adjacent to an activating group) is 1. The first kappa shape index (κ1) is 30.2. The minimum atomic E-state index is -4.29. The maximum Gasteiger partial charge on any atom is 0.405 e. The van der Waals surface area contributed by atoms with E-state index in [0.29, 0.717) is 30.4 Å². The van der Waals surface area contributed by atoms with Gasteiger partial charge >= 0.3 is 6.18 Å². The highest BCUT2D eigenvalue weighted by Crippen LogP contribution is 2.38. The Bertz CT molecular complexity index is 858. The Morgan fingerprint density at radius 1 is 1.07 bits per heavy atom. The number of rotatable bonds is 10. The Labute approximate surface area is 235 Å². The molecule has 0 amide bonds. The predicted octanol–water partition coefficient (Wildman–Crippen LogP) is 0.602. The first-order valence-corrected chi connectivity index (χ1v) is 14.8. The van der Waals surface area contributed by atoms with Crippen molar-refractivity contribution in [1.29, 1.82) is 5.41 Å². The average Bonchev–Trinajstić information content (AvgIpc) is 3.65. The van der Waals surface area contributed by atoms with Crippen molar-refractivity contribution >= 4 is 5.96 Å². The lowest BCUT2D eigenvalue weighted by Crippen LogP contribution is -2.63. The molecule has 0 aromatic rings. The van der Waals surface area contributed by atoms with Crippen LogP contribution in [0, 0.1) is 23.2 Å². The number of hydrazine groups is 1. The van der Waals surface area contributed by atoms with E-state index >= 15 is 0 Å². The van der Waals surface area contributed by atoms with Crippen molar-refractivity contribution in [2.24, 2.45) is 23.5 Å². The van der Waals surface area contributed by atoms with Gasteiger partial charge in [-0.3, -0.25) is 16.0 Å². The smallest absolute Gasteiger partial charge is 0.366 e. The van der Waals surface area contributed by atoms with Crippen LogP contribution in [0.3, 0.4) is 0 Å².